The third-order valence-electron chi connectivity index (χ3n) is 7.68. The number of piperidine rings is 1. The highest BCUT2D eigenvalue weighted by atomic mass is 32.2. The first-order valence-corrected chi connectivity index (χ1v) is 16.0. The third-order valence-corrected chi connectivity index (χ3v) is 10.3. The number of hydrogen-bond acceptors (Lipinski definition) is 8. The number of pyridine rings is 1. The maximum Gasteiger partial charge on any atom is 0.331 e. The van der Waals surface area contributed by atoms with Gasteiger partial charge in [0.15, 0.2) is 5.78 Å². The van der Waals surface area contributed by atoms with Gasteiger partial charge in [0.25, 0.3) is 5.91 Å². The number of rotatable bonds is 4. The number of carbonyl (C=O) groups excluding carboxylic acids is 4. The van der Waals surface area contributed by atoms with Crippen molar-refractivity contribution in [3.63, 3.8) is 0 Å². The van der Waals surface area contributed by atoms with Gasteiger partial charge in [-0.2, -0.15) is 0 Å². The number of ether oxygens (including phenoxy) is 1. The van der Waals surface area contributed by atoms with Crippen LogP contribution in [-0.4, -0.2) is 62.6 Å². The monoisotopic (exact) mass is 622 g/mol. The molecule has 9 nitrogen and oxygen atoms in total. The van der Waals surface area contributed by atoms with E-state index in [0.29, 0.717) is 53.1 Å². The van der Waals surface area contributed by atoms with Crippen LogP contribution in [0.3, 0.4) is 0 Å². The quantitative estimate of drug-likeness (QED) is 0.319. The first-order chi connectivity index (χ1) is 20.1. The predicted octanol–water partition coefficient (Wildman–Crippen LogP) is 6.51. The molecule has 1 spiro atoms. The van der Waals surface area contributed by atoms with Crippen LogP contribution in [-0.2, 0) is 9.53 Å². The van der Waals surface area contributed by atoms with E-state index in [2.05, 4.69) is 15.6 Å². The Balaban J connectivity index is 1.35. The molecule has 0 saturated carbocycles. The SMILES string of the molecule is Cc1ccc2c(c1)C(=O)CC1(CCN(C(=O)c3c(NC(=O)NC(C)(C)C(=O)OC(C)(C)C)sc4nc(C)ccc34)CC1)S2. The van der Waals surface area contributed by atoms with E-state index >= 15 is 0 Å². The van der Waals surface area contributed by atoms with Crippen LogP contribution in [0.4, 0.5) is 9.80 Å². The average molecular weight is 623 g/mol. The van der Waals surface area contributed by atoms with Crippen molar-refractivity contribution in [2.24, 2.45) is 0 Å². The van der Waals surface area contributed by atoms with Gasteiger partial charge < -0.3 is 15.0 Å². The van der Waals surface area contributed by atoms with Crippen molar-refractivity contribution in [1.82, 2.24) is 15.2 Å². The van der Waals surface area contributed by atoms with E-state index < -0.39 is 23.1 Å². The minimum atomic E-state index is -1.30. The number of fused-ring (bicyclic) bond motifs is 2. The summed E-state index contributed by atoms with van der Waals surface area (Å²) in [6.07, 6.45) is 1.84. The number of benzene rings is 1. The van der Waals surface area contributed by atoms with Crippen LogP contribution in [0, 0.1) is 13.8 Å². The van der Waals surface area contributed by atoms with Crippen molar-refractivity contribution in [2.45, 2.75) is 88.5 Å². The van der Waals surface area contributed by atoms with Gasteiger partial charge in [0.2, 0.25) is 0 Å². The predicted molar refractivity (Wildman–Crippen MR) is 170 cm³/mol. The molecule has 3 amide bonds. The van der Waals surface area contributed by atoms with Gasteiger partial charge in [0.05, 0.1) is 5.56 Å². The fraction of sp³-hybridized carbons (Fsp3) is 0.469. The normalized spacial score (nSPS) is 16.6. The minimum Gasteiger partial charge on any atom is -0.458 e. The first-order valence-electron chi connectivity index (χ1n) is 14.4. The topological polar surface area (TPSA) is 118 Å². The maximum absolute atomic E-state index is 14.1. The highest BCUT2D eigenvalue weighted by Gasteiger charge is 2.43. The lowest BCUT2D eigenvalue weighted by Gasteiger charge is -2.43. The Morgan fingerprint density at radius 3 is 2.40 bits per heavy atom. The number of urea groups is 1. The highest BCUT2D eigenvalue weighted by molar-refractivity contribution is 8.01. The summed E-state index contributed by atoms with van der Waals surface area (Å²) in [6.45, 7) is 13.3. The van der Waals surface area contributed by atoms with Crippen LogP contribution >= 0.6 is 23.1 Å². The number of likely N-dealkylation sites (tertiary alicyclic amines) is 1. The van der Waals surface area contributed by atoms with Crippen molar-refractivity contribution in [3.05, 3.63) is 52.7 Å². The Labute approximate surface area is 260 Å². The molecule has 11 heteroatoms. The zero-order valence-electron chi connectivity index (χ0n) is 25.7. The summed E-state index contributed by atoms with van der Waals surface area (Å²) in [5.74, 6) is -0.606. The average Bonchev–Trinajstić information content (AvgIpc) is 3.24. The summed E-state index contributed by atoms with van der Waals surface area (Å²) in [5, 5.41) is 6.53. The Bertz CT molecular complexity index is 1630. The number of hydrogen-bond donors (Lipinski definition) is 2. The van der Waals surface area contributed by atoms with Crippen LogP contribution in [0.5, 0.6) is 0 Å². The lowest BCUT2D eigenvalue weighted by Crippen LogP contribution is -2.53. The van der Waals surface area contributed by atoms with Crippen molar-refractivity contribution in [1.29, 1.82) is 0 Å². The molecule has 2 aliphatic heterocycles. The van der Waals surface area contributed by atoms with E-state index in [0.717, 1.165) is 21.7 Å². The number of amides is 3. The van der Waals surface area contributed by atoms with E-state index in [1.807, 2.05) is 44.2 Å². The summed E-state index contributed by atoms with van der Waals surface area (Å²) in [6, 6.07) is 9.10. The molecule has 0 radical (unpaired) electrons. The highest BCUT2D eigenvalue weighted by Crippen LogP contribution is 2.49. The fourth-order valence-electron chi connectivity index (χ4n) is 5.41. The number of thiophene rings is 1. The van der Waals surface area contributed by atoms with Gasteiger partial charge in [-0.25, -0.2) is 14.6 Å². The van der Waals surface area contributed by atoms with Gasteiger partial charge in [-0.15, -0.1) is 11.8 Å². The molecule has 2 aliphatic rings. The van der Waals surface area contributed by atoms with E-state index in [1.165, 1.54) is 11.3 Å². The Morgan fingerprint density at radius 1 is 1.02 bits per heavy atom. The minimum absolute atomic E-state index is 0.161. The molecule has 0 bridgehead atoms. The number of aryl methyl sites for hydroxylation is 2. The van der Waals surface area contributed by atoms with Gasteiger partial charge in [0.1, 0.15) is 21.0 Å². The number of esters is 1. The Morgan fingerprint density at radius 2 is 1.72 bits per heavy atom. The molecule has 2 aromatic heterocycles. The van der Waals surface area contributed by atoms with E-state index in [1.54, 1.807) is 51.3 Å². The van der Waals surface area contributed by atoms with E-state index in [-0.39, 0.29) is 16.4 Å². The second-order valence-corrected chi connectivity index (χ2v) is 15.5. The number of carbonyl (C=O) groups is 4. The number of ketones is 1. The summed E-state index contributed by atoms with van der Waals surface area (Å²) in [4.78, 5) is 61.0. The van der Waals surface area contributed by atoms with Gasteiger partial charge in [0, 0.05) is 45.8 Å². The number of nitrogens with one attached hydrogen (secondary N) is 2. The van der Waals surface area contributed by atoms with E-state index in [9.17, 15) is 19.2 Å². The van der Waals surface area contributed by atoms with Crippen LogP contribution in [0.1, 0.15) is 85.9 Å². The van der Waals surface area contributed by atoms with Crippen LogP contribution in [0.25, 0.3) is 10.2 Å². The van der Waals surface area contributed by atoms with Crippen molar-refractivity contribution in [3.8, 4) is 0 Å². The van der Waals surface area contributed by atoms with Gasteiger partial charge in [-0.05, 0) is 85.6 Å². The van der Waals surface area contributed by atoms with Crippen LogP contribution < -0.4 is 10.6 Å². The summed E-state index contributed by atoms with van der Waals surface area (Å²) in [5.41, 5.74) is 1.03. The maximum atomic E-state index is 14.1. The smallest absolute Gasteiger partial charge is 0.331 e. The molecule has 1 aromatic carbocycles. The number of thioether (sulfide) groups is 1. The molecule has 1 fully saturated rings. The van der Waals surface area contributed by atoms with Crippen LogP contribution in [0.2, 0.25) is 0 Å². The second kappa shape index (κ2) is 11.2. The molecule has 3 aromatic rings. The molecule has 0 atom stereocenters. The molecule has 1 saturated heterocycles. The molecule has 0 aliphatic carbocycles. The van der Waals surface area contributed by atoms with Gasteiger partial charge >= 0.3 is 12.0 Å². The molecule has 4 heterocycles. The summed E-state index contributed by atoms with van der Waals surface area (Å²) < 4.78 is 5.23. The number of nitrogens with zero attached hydrogens (tertiary/aromatic N) is 2. The van der Waals surface area contributed by atoms with Crippen LogP contribution in [0.15, 0.2) is 35.2 Å². The number of anilines is 1. The second-order valence-electron chi connectivity index (χ2n) is 13.0. The van der Waals surface area contributed by atoms with Gasteiger partial charge in [-0.1, -0.05) is 23.0 Å². The molecule has 228 valence electrons. The zero-order valence-corrected chi connectivity index (χ0v) is 27.3. The van der Waals surface area contributed by atoms with E-state index in [4.69, 9.17) is 4.74 Å². The van der Waals surface area contributed by atoms with Crippen molar-refractivity contribution in [2.75, 3.05) is 18.4 Å². The molecule has 43 heavy (non-hydrogen) atoms. The number of Topliss-reactive ketones (excluding diaryl/α,β-unsaturated/α-hetero) is 1. The third kappa shape index (κ3) is 6.57. The van der Waals surface area contributed by atoms with Crippen molar-refractivity contribution < 1.29 is 23.9 Å². The Hall–Kier alpha value is -3.44. The standard InChI is InChI=1S/C32H38N4O5S2/c1-18-8-11-23-21(16-18)22(37)17-32(43-23)12-14-36(15-13-32)27(38)24-20-10-9-19(2)33-25(20)42-26(24)34-29(40)35-31(6,7)28(39)41-30(3,4)5/h8-11,16H,12-15,17H2,1-7H3,(H2,34,35,40). The lowest BCUT2D eigenvalue weighted by atomic mass is 9.87. The zero-order chi connectivity index (χ0) is 31.3. The fourth-order valence-corrected chi connectivity index (χ4v) is 7.99. The molecule has 2 N–H and O–H groups in total. The molecular formula is C32H38N4O5S2. The molecular weight excluding hydrogens is 585 g/mol. The van der Waals surface area contributed by atoms with Crippen molar-refractivity contribution >= 4 is 62.0 Å². The molecule has 0 unspecified atom stereocenters. The largest absolute Gasteiger partial charge is 0.458 e. The van der Waals surface area contributed by atoms with Gasteiger partial charge in [-0.3, -0.25) is 14.9 Å². The molecule has 5 rings (SSSR count). The number of aromatic nitrogens is 1. The summed E-state index contributed by atoms with van der Waals surface area (Å²) >= 11 is 2.98. The Kier molecular flexibility index (Phi) is 8.11. The lowest BCUT2D eigenvalue weighted by molar-refractivity contribution is -0.161. The first kappa shape index (κ1) is 31.0. The summed E-state index contributed by atoms with van der Waals surface area (Å²) in [7, 11) is 0.